The second-order valence-electron chi connectivity index (χ2n) is 6.53. The zero-order valence-electron chi connectivity index (χ0n) is 15.0. The first-order chi connectivity index (χ1) is 12.2. The number of hydrogen-bond acceptors (Lipinski definition) is 4. The van der Waals surface area contributed by atoms with Crippen LogP contribution in [-0.4, -0.2) is 57.7 Å². The topological polar surface area (TPSA) is 69.7 Å². The first kappa shape index (κ1) is 20.6. The Kier molecular flexibility index (Phi) is 6.94. The molecule has 9 heteroatoms. The van der Waals surface area contributed by atoms with E-state index in [9.17, 15) is 22.0 Å². The quantitative estimate of drug-likeness (QED) is 0.688. The summed E-state index contributed by atoms with van der Waals surface area (Å²) in [5.74, 6) is -2.74. The lowest BCUT2D eigenvalue weighted by molar-refractivity contribution is -0.121. The molecule has 1 aromatic rings. The smallest absolute Gasteiger partial charge is 0.243 e. The number of carbonyl (C=O) groups excluding carboxylic acids is 1. The molecule has 1 aromatic carbocycles. The van der Waals surface area contributed by atoms with Gasteiger partial charge in [-0.2, -0.15) is 0 Å². The molecule has 1 saturated heterocycles. The summed E-state index contributed by atoms with van der Waals surface area (Å²) in [5.41, 5.74) is -0.0916. The van der Waals surface area contributed by atoms with Crippen LogP contribution in [0.2, 0.25) is 0 Å². The number of likely N-dealkylation sites (tertiary alicyclic amines) is 1. The van der Waals surface area contributed by atoms with E-state index in [1.807, 2.05) is 0 Å². The molecule has 2 rings (SSSR count). The maximum atomic E-state index is 13.5. The summed E-state index contributed by atoms with van der Waals surface area (Å²) >= 11 is 0. The maximum absolute atomic E-state index is 13.5. The number of benzene rings is 1. The lowest BCUT2D eigenvalue weighted by Crippen LogP contribution is -2.48. The van der Waals surface area contributed by atoms with E-state index in [2.05, 4.69) is 10.2 Å². The third-order valence-corrected chi connectivity index (χ3v) is 5.64. The number of carbonyl (C=O) groups is 1. The van der Waals surface area contributed by atoms with Crippen LogP contribution in [0.4, 0.5) is 14.5 Å². The number of halogens is 2. The van der Waals surface area contributed by atoms with Crippen molar-refractivity contribution >= 4 is 21.6 Å². The van der Waals surface area contributed by atoms with Crippen LogP contribution in [0.15, 0.2) is 18.2 Å². The van der Waals surface area contributed by atoms with Crippen LogP contribution in [0, 0.1) is 11.6 Å². The van der Waals surface area contributed by atoms with Gasteiger partial charge in [-0.05, 0) is 58.0 Å². The number of anilines is 1. The van der Waals surface area contributed by atoms with Crippen molar-refractivity contribution in [2.45, 2.75) is 32.2 Å². The summed E-state index contributed by atoms with van der Waals surface area (Å²) in [4.78, 5) is 14.7. The van der Waals surface area contributed by atoms with E-state index < -0.39 is 33.6 Å². The van der Waals surface area contributed by atoms with E-state index in [4.69, 9.17) is 0 Å². The summed E-state index contributed by atoms with van der Waals surface area (Å²) in [6.07, 6.45) is 4.08. The van der Waals surface area contributed by atoms with Crippen molar-refractivity contribution in [2.75, 3.05) is 36.7 Å². The Bertz CT molecular complexity index is 737. The number of amides is 1. The van der Waals surface area contributed by atoms with E-state index in [0.717, 1.165) is 54.8 Å². The van der Waals surface area contributed by atoms with Gasteiger partial charge in [0.25, 0.3) is 0 Å². The van der Waals surface area contributed by atoms with E-state index in [1.165, 1.54) is 19.8 Å². The predicted molar refractivity (Wildman–Crippen MR) is 96.4 cm³/mol. The zero-order chi connectivity index (χ0) is 19.3. The van der Waals surface area contributed by atoms with Crippen molar-refractivity contribution in [2.24, 2.45) is 0 Å². The van der Waals surface area contributed by atoms with Crippen molar-refractivity contribution in [1.29, 1.82) is 0 Å². The number of sulfonamides is 1. The second kappa shape index (κ2) is 8.77. The van der Waals surface area contributed by atoms with E-state index in [-0.39, 0.29) is 5.69 Å². The first-order valence-corrected chi connectivity index (χ1v) is 10.5. The number of hydrogen-bond donors (Lipinski definition) is 1. The minimum Gasteiger partial charge on any atom is -0.354 e. The Morgan fingerprint density at radius 2 is 1.92 bits per heavy atom. The van der Waals surface area contributed by atoms with Gasteiger partial charge in [0.1, 0.15) is 6.04 Å². The molecular formula is C17H25F2N3O3S. The lowest BCUT2D eigenvalue weighted by atomic mass is 10.2. The fourth-order valence-electron chi connectivity index (χ4n) is 3.10. The summed E-state index contributed by atoms with van der Waals surface area (Å²) in [6, 6.07) is 1.66. The van der Waals surface area contributed by atoms with Gasteiger partial charge >= 0.3 is 0 Å². The molecule has 1 amide bonds. The average Bonchev–Trinajstić information content (AvgIpc) is 3.07. The van der Waals surface area contributed by atoms with Crippen molar-refractivity contribution in [1.82, 2.24) is 10.2 Å². The van der Waals surface area contributed by atoms with Gasteiger partial charge in [0.15, 0.2) is 11.6 Å². The second-order valence-corrected chi connectivity index (χ2v) is 8.39. The molecule has 1 aliphatic rings. The van der Waals surface area contributed by atoms with Crippen LogP contribution in [-0.2, 0) is 14.8 Å². The molecule has 1 atom stereocenters. The third-order valence-electron chi connectivity index (χ3n) is 4.40. The predicted octanol–water partition coefficient (Wildman–Crippen LogP) is 1.72. The van der Waals surface area contributed by atoms with Crippen molar-refractivity contribution in [3.05, 3.63) is 29.8 Å². The monoisotopic (exact) mass is 389 g/mol. The largest absolute Gasteiger partial charge is 0.354 e. The maximum Gasteiger partial charge on any atom is 0.243 e. The fraction of sp³-hybridized carbons (Fsp3) is 0.588. The molecule has 0 aromatic heterocycles. The molecule has 6 nitrogen and oxygen atoms in total. The van der Waals surface area contributed by atoms with Gasteiger partial charge in [0.05, 0.1) is 11.9 Å². The van der Waals surface area contributed by atoms with Crippen molar-refractivity contribution in [3.63, 3.8) is 0 Å². The highest BCUT2D eigenvalue weighted by molar-refractivity contribution is 7.92. The minimum atomic E-state index is -3.86. The normalized spacial score (nSPS) is 16.5. The highest BCUT2D eigenvalue weighted by Crippen LogP contribution is 2.23. The summed E-state index contributed by atoms with van der Waals surface area (Å²) in [7, 11) is -3.86. The summed E-state index contributed by atoms with van der Waals surface area (Å²) in [6.45, 7) is 4.87. The Morgan fingerprint density at radius 1 is 1.27 bits per heavy atom. The molecule has 1 aliphatic heterocycles. The van der Waals surface area contributed by atoms with Crippen molar-refractivity contribution in [3.8, 4) is 0 Å². The summed E-state index contributed by atoms with van der Waals surface area (Å²) in [5, 5.41) is 2.72. The molecule has 0 radical (unpaired) electrons. The number of rotatable bonds is 8. The van der Waals surface area contributed by atoms with Crippen LogP contribution >= 0.6 is 0 Å². The third kappa shape index (κ3) is 5.38. The van der Waals surface area contributed by atoms with Crippen LogP contribution in [0.5, 0.6) is 0 Å². The van der Waals surface area contributed by atoms with Crippen LogP contribution in [0.1, 0.15) is 26.2 Å². The highest BCUT2D eigenvalue weighted by Gasteiger charge is 2.29. The Balaban J connectivity index is 2.00. The summed E-state index contributed by atoms with van der Waals surface area (Å²) < 4.78 is 51.6. The van der Waals surface area contributed by atoms with Gasteiger partial charge in [-0.1, -0.05) is 0 Å². The molecule has 1 N–H and O–H groups in total. The standard InChI is InChI=1S/C17H25F2N3O3S/c1-13(17(23)20-8-5-11-21-9-3-4-10-21)22(26(2,24)25)14-6-7-15(18)16(19)12-14/h6-7,12-13H,3-5,8-11H2,1-2H3,(H,20,23)/t13-/m1/s1. The molecule has 1 heterocycles. The van der Waals surface area contributed by atoms with Crippen LogP contribution in [0.25, 0.3) is 0 Å². The van der Waals surface area contributed by atoms with Gasteiger partial charge in [0.2, 0.25) is 15.9 Å². The van der Waals surface area contributed by atoms with Gasteiger partial charge in [-0.15, -0.1) is 0 Å². The van der Waals surface area contributed by atoms with Crippen molar-refractivity contribution < 1.29 is 22.0 Å². The molecule has 26 heavy (non-hydrogen) atoms. The zero-order valence-corrected chi connectivity index (χ0v) is 15.9. The Hall–Kier alpha value is -1.74. The molecule has 0 aliphatic carbocycles. The van der Waals surface area contributed by atoms with Gasteiger partial charge in [-0.25, -0.2) is 17.2 Å². The van der Waals surface area contributed by atoms with Gasteiger partial charge in [0, 0.05) is 12.6 Å². The molecule has 0 spiro atoms. The van der Waals surface area contributed by atoms with Gasteiger partial charge in [-0.3, -0.25) is 9.10 Å². The fourth-order valence-corrected chi connectivity index (χ4v) is 4.27. The van der Waals surface area contributed by atoms with Crippen LogP contribution in [0.3, 0.4) is 0 Å². The number of nitrogens with one attached hydrogen (secondary N) is 1. The lowest BCUT2D eigenvalue weighted by Gasteiger charge is -2.28. The average molecular weight is 389 g/mol. The molecule has 0 unspecified atom stereocenters. The molecule has 146 valence electrons. The SMILES string of the molecule is C[C@H](C(=O)NCCCN1CCCC1)N(c1ccc(F)c(F)c1)S(C)(=O)=O. The molecular weight excluding hydrogens is 364 g/mol. The van der Waals surface area contributed by atoms with E-state index in [1.54, 1.807) is 0 Å². The molecule has 1 fully saturated rings. The van der Waals surface area contributed by atoms with E-state index in [0.29, 0.717) is 6.54 Å². The Morgan fingerprint density at radius 3 is 2.50 bits per heavy atom. The number of nitrogens with zero attached hydrogens (tertiary/aromatic N) is 2. The first-order valence-electron chi connectivity index (χ1n) is 8.64. The van der Waals surface area contributed by atoms with E-state index >= 15 is 0 Å². The highest BCUT2D eigenvalue weighted by atomic mass is 32.2. The molecule has 0 saturated carbocycles. The minimum absolute atomic E-state index is 0.0916. The molecule has 0 bridgehead atoms. The Labute approximate surface area is 153 Å². The van der Waals surface area contributed by atoms with Crippen LogP contribution < -0.4 is 9.62 Å². The van der Waals surface area contributed by atoms with Gasteiger partial charge < -0.3 is 10.2 Å².